The van der Waals surface area contributed by atoms with Crippen LogP contribution in [0.4, 0.5) is 8.78 Å². The SMILES string of the molecule is CCC(NS(=O)(=O)c1ccc(F)c(F)c1)c1ncc(-c2ccccc2)[nH]1. The highest BCUT2D eigenvalue weighted by Crippen LogP contribution is 2.23. The number of imidazole rings is 1. The molecule has 0 radical (unpaired) electrons. The van der Waals surface area contributed by atoms with E-state index >= 15 is 0 Å². The Morgan fingerprint density at radius 3 is 2.50 bits per heavy atom. The summed E-state index contributed by atoms with van der Waals surface area (Å²) in [5, 5.41) is 0. The van der Waals surface area contributed by atoms with Crippen LogP contribution in [0.1, 0.15) is 25.2 Å². The molecule has 0 fully saturated rings. The largest absolute Gasteiger partial charge is 0.341 e. The van der Waals surface area contributed by atoms with E-state index in [0.29, 0.717) is 18.3 Å². The smallest absolute Gasteiger partial charge is 0.241 e. The van der Waals surface area contributed by atoms with Gasteiger partial charge in [0.15, 0.2) is 11.6 Å². The Morgan fingerprint density at radius 2 is 1.85 bits per heavy atom. The number of sulfonamides is 1. The first-order valence-electron chi connectivity index (χ1n) is 7.98. The molecule has 1 heterocycles. The van der Waals surface area contributed by atoms with Crippen LogP contribution in [0.2, 0.25) is 0 Å². The summed E-state index contributed by atoms with van der Waals surface area (Å²) >= 11 is 0. The van der Waals surface area contributed by atoms with Crippen molar-refractivity contribution in [2.75, 3.05) is 0 Å². The minimum Gasteiger partial charge on any atom is -0.341 e. The van der Waals surface area contributed by atoms with Gasteiger partial charge in [-0.2, -0.15) is 0 Å². The van der Waals surface area contributed by atoms with Gasteiger partial charge >= 0.3 is 0 Å². The number of nitrogens with zero attached hydrogens (tertiary/aromatic N) is 1. The molecular weight excluding hydrogens is 360 g/mol. The van der Waals surface area contributed by atoms with Crippen LogP contribution >= 0.6 is 0 Å². The molecule has 0 aliphatic heterocycles. The number of nitrogens with one attached hydrogen (secondary N) is 2. The predicted octanol–water partition coefficient (Wildman–Crippen LogP) is 3.78. The molecule has 2 N–H and O–H groups in total. The van der Waals surface area contributed by atoms with Crippen LogP contribution in [0.5, 0.6) is 0 Å². The van der Waals surface area contributed by atoms with E-state index in [0.717, 1.165) is 23.4 Å². The molecule has 0 amide bonds. The van der Waals surface area contributed by atoms with E-state index in [1.165, 1.54) is 0 Å². The van der Waals surface area contributed by atoms with Crippen molar-refractivity contribution in [2.24, 2.45) is 0 Å². The Kier molecular flexibility index (Phi) is 5.15. The van der Waals surface area contributed by atoms with Crippen LogP contribution in [0.15, 0.2) is 59.6 Å². The summed E-state index contributed by atoms with van der Waals surface area (Å²) in [6.07, 6.45) is 2.05. The summed E-state index contributed by atoms with van der Waals surface area (Å²) in [4.78, 5) is 7.02. The number of rotatable bonds is 6. The molecule has 2 aromatic carbocycles. The first kappa shape index (κ1) is 18.2. The second-order valence-electron chi connectivity index (χ2n) is 5.71. The van der Waals surface area contributed by atoms with Crippen molar-refractivity contribution in [1.29, 1.82) is 0 Å². The van der Waals surface area contributed by atoms with Gasteiger partial charge < -0.3 is 4.98 Å². The standard InChI is InChI=1S/C18H17F2N3O2S/c1-2-16(18-21-11-17(22-18)12-6-4-3-5-7-12)23-26(24,25)13-8-9-14(19)15(20)10-13/h3-11,16,23H,2H2,1H3,(H,21,22). The Bertz CT molecular complexity index is 1000. The van der Waals surface area contributed by atoms with E-state index in [-0.39, 0.29) is 4.90 Å². The average molecular weight is 377 g/mol. The summed E-state index contributed by atoms with van der Waals surface area (Å²) < 4.78 is 53.8. The fourth-order valence-corrected chi connectivity index (χ4v) is 3.80. The molecule has 26 heavy (non-hydrogen) atoms. The zero-order valence-electron chi connectivity index (χ0n) is 13.9. The van der Waals surface area contributed by atoms with Gasteiger partial charge in [-0.25, -0.2) is 26.9 Å². The lowest BCUT2D eigenvalue weighted by Gasteiger charge is -2.15. The van der Waals surface area contributed by atoms with E-state index in [9.17, 15) is 17.2 Å². The van der Waals surface area contributed by atoms with Crippen molar-refractivity contribution in [3.05, 3.63) is 72.2 Å². The minimum atomic E-state index is -4.03. The maximum Gasteiger partial charge on any atom is 0.241 e. The lowest BCUT2D eigenvalue weighted by Crippen LogP contribution is -2.29. The van der Waals surface area contributed by atoms with Crippen LogP contribution in [0.3, 0.4) is 0 Å². The summed E-state index contributed by atoms with van der Waals surface area (Å²) in [5.41, 5.74) is 1.68. The second-order valence-corrected chi connectivity index (χ2v) is 7.42. The van der Waals surface area contributed by atoms with Crippen LogP contribution in [-0.4, -0.2) is 18.4 Å². The molecule has 0 bridgehead atoms. The fraction of sp³-hybridized carbons (Fsp3) is 0.167. The molecule has 3 aromatic rings. The highest BCUT2D eigenvalue weighted by Gasteiger charge is 2.23. The molecule has 0 spiro atoms. The molecule has 0 saturated heterocycles. The number of hydrogen-bond acceptors (Lipinski definition) is 3. The van der Waals surface area contributed by atoms with Gasteiger partial charge in [-0.1, -0.05) is 37.3 Å². The molecule has 0 aliphatic rings. The average Bonchev–Trinajstić information content (AvgIpc) is 3.12. The number of aromatic amines is 1. The quantitative estimate of drug-likeness (QED) is 0.686. The van der Waals surface area contributed by atoms with E-state index in [1.54, 1.807) is 13.1 Å². The van der Waals surface area contributed by atoms with Crippen molar-refractivity contribution < 1.29 is 17.2 Å². The third-order valence-corrected chi connectivity index (χ3v) is 5.39. The Balaban J connectivity index is 1.85. The Labute approximate surface area is 150 Å². The third-order valence-electron chi connectivity index (χ3n) is 3.92. The Morgan fingerprint density at radius 1 is 1.12 bits per heavy atom. The molecule has 3 rings (SSSR count). The fourth-order valence-electron chi connectivity index (χ4n) is 2.51. The second kappa shape index (κ2) is 7.35. The summed E-state index contributed by atoms with van der Waals surface area (Å²) in [6.45, 7) is 1.79. The first-order valence-corrected chi connectivity index (χ1v) is 9.46. The van der Waals surface area contributed by atoms with Crippen molar-refractivity contribution in [2.45, 2.75) is 24.3 Å². The van der Waals surface area contributed by atoms with Gasteiger partial charge in [0.1, 0.15) is 5.82 Å². The van der Waals surface area contributed by atoms with Crippen LogP contribution in [0, 0.1) is 11.6 Å². The van der Waals surface area contributed by atoms with E-state index in [1.807, 2.05) is 30.3 Å². The maximum atomic E-state index is 13.4. The number of halogens is 2. The van der Waals surface area contributed by atoms with Gasteiger partial charge in [-0.3, -0.25) is 0 Å². The number of H-pyrrole nitrogens is 1. The zero-order chi connectivity index (χ0) is 18.7. The zero-order valence-corrected chi connectivity index (χ0v) is 14.7. The van der Waals surface area contributed by atoms with Gasteiger partial charge in [0, 0.05) is 0 Å². The van der Waals surface area contributed by atoms with Crippen molar-refractivity contribution in [3.8, 4) is 11.3 Å². The molecule has 0 saturated carbocycles. The minimum absolute atomic E-state index is 0.343. The number of aromatic nitrogens is 2. The van der Waals surface area contributed by atoms with Crippen LogP contribution in [-0.2, 0) is 10.0 Å². The highest BCUT2D eigenvalue weighted by atomic mass is 32.2. The molecule has 1 aromatic heterocycles. The van der Waals surface area contributed by atoms with Crippen LogP contribution < -0.4 is 4.72 Å². The van der Waals surface area contributed by atoms with Gasteiger partial charge in [-0.15, -0.1) is 0 Å². The number of benzene rings is 2. The summed E-state index contributed by atoms with van der Waals surface area (Å²) in [7, 11) is -4.03. The van der Waals surface area contributed by atoms with E-state index in [2.05, 4.69) is 14.7 Å². The first-order chi connectivity index (χ1) is 12.4. The lowest BCUT2D eigenvalue weighted by molar-refractivity contribution is 0.502. The maximum absolute atomic E-state index is 13.4. The topological polar surface area (TPSA) is 74.8 Å². The van der Waals surface area contributed by atoms with Gasteiger partial charge in [-0.05, 0) is 30.2 Å². The third kappa shape index (κ3) is 3.81. The van der Waals surface area contributed by atoms with Crippen molar-refractivity contribution >= 4 is 10.0 Å². The molecule has 136 valence electrons. The summed E-state index contributed by atoms with van der Waals surface area (Å²) in [6, 6.07) is 11.3. The highest BCUT2D eigenvalue weighted by molar-refractivity contribution is 7.89. The number of hydrogen-bond donors (Lipinski definition) is 2. The van der Waals surface area contributed by atoms with Crippen LogP contribution in [0.25, 0.3) is 11.3 Å². The van der Waals surface area contributed by atoms with Gasteiger partial charge in [0.25, 0.3) is 0 Å². The molecular formula is C18H17F2N3O2S. The summed E-state index contributed by atoms with van der Waals surface area (Å²) in [5.74, 6) is -1.88. The Hall–Kier alpha value is -2.58. The normalized spacial score (nSPS) is 12.9. The molecule has 1 unspecified atom stereocenters. The molecule has 8 heteroatoms. The monoisotopic (exact) mass is 377 g/mol. The molecule has 5 nitrogen and oxygen atoms in total. The van der Waals surface area contributed by atoms with Gasteiger partial charge in [0.05, 0.1) is 22.8 Å². The van der Waals surface area contributed by atoms with Crippen molar-refractivity contribution in [1.82, 2.24) is 14.7 Å². The van der Waals surface area contributed by atoms with E-state index < -0.39 is 27.7 Å². The molecule has 1 atom stereocenters. The predicted molar refractivity (Wildman–Crippen MR) is 93.7 cm³/mol. The lowest BCUT2D eigenvalue weighted by atomic mass is 10.2. The van der Waals surface area contributed by atoms with Gasteiger partial charge in [0.2, 0.25) is 10.0 Å². The van der Waals surface area contributed by atoms with E-state index in [4.69, 9.17) is 0 Å². The molecule has 0 aliphatic carbocycles. The van der Waals surface area contributed by atoms with Crippen molar-refractivity contribution in [3.63, 3.8) is 0 Å².